The van der Waals surface area contributed by atoms with Gasteiger partial charge in [0.05, 0.1) is 0 Å². The standard InChI is InChI=1S/C14H22N2S/c1-14(2,15)7-3-4-11-5-6-12-13(10-11)17-9-8-16-12/h5-6,10,16H,3-4,7-9,15H2,1-2H3. The average molecular weight is 250 g/mol. The van der Waals surface area contributed by atoms with Gasteiger partial charge in [-0.05, 0) is 50.8 Å². The molecule has 3 N–H and O–H groups in total. The fourth-order valence-electron chi connectivity index (χ4n) is 2.08. The molecule has 17 heavy (non-hydrogen) atoms. The third kappa shape index (κ3) is 3.93. The molecule has 1 aliphatic rings. The predicted molar refractivity (Wildman–Crippen MR) is 76.9 cm³/mol. The molecule has 1 aromatic carbocycles. The first-order valence-electron chi connectivity index (χ1n) is 6.33. The molecular weight excluding hydrogens is 228 g/mol. The molecule has 0 amide bonds. The first kappa shape index (κ1) is 12.8. The maximum absolute atomic E-state index is 6.00. The number of hydrogen-bond donors (Lipinski definition) is 2. The molecule has 3 heteroatoms. The maximum atomic E-state index is 6.00. The number of fused-ring (bicyclic) bond motifs is 1. The summed E-state index contributed by atoms with van der Waals surface area (Å²) in [7, 11) is 0. The van der Waals surface area contributed by atoms with Crippen molar-refractivity contribution in [2.45, 2.75) is 43.5 Å². The molecule has 1 heterocycles. The highest BCUT2D eigenvalue weighted by molar-refractivity contribution is 7.99. The third-order valence-corrected chi connectivity index (χ3v) is 4.06. The van der Waals surface area contributed by atoms with Crippen molar-refractivity contribution >= 4 is 17.4 Å². The Kier molecular flexibility index (Phi) is 4.00. The van der Waals surface area contributed by atoms with Crippen molar-refractivity contribution in [2.24, 2.45) is 5.73 Å². The lowest BCUT2D eigenvalue weighted by Gasteiger charge is -2.19. The lowest BCUT2D eigenvalue weighted by atomic mass is 9.97. The quantitative estimate of drug-likeness (QED) is 0.861. The Bertz CT molecular complexity index is 382. The van der Waals surface area contributed by atoms with E-state index in [1.807, 2.05) is 11.8 Å². The number of nitrogens with two attached hydrogens (primary N) is 1. The Morgan fingerprint density at radius 2 is 2.24 bits per heavy atom. The van der Waals surface area contributed by atoms with Crippen LogP contribution in [0.4, 0.5) is 5.69 Å². The van der Waals surface area contributed by atoms with Crippen LogP contribution in [0.1, 0.15) is 32.3 Å². The van der Waals surface area contributed by atoms with E-state index in [-0.39, 0.29) is 5.54 Å². The van der Waals surface area contributed by atoms with E-state index in [9.17, 15) is 0 Å². The summed E-state index contributed by atoms with van der Waals surface area (Å²) in [6.45, 7) is 5.28. The Hall–Kier alpha value is -0.670. The molecule has 0 aromatic heterocycles. The second-order valence-corrected chi connectivity index (χ2v) is 6.58. The molecule has 0 aliphatic carbocycles. The number of aryl methyl sites for hydroxylation is 1. The fourth-order valence-corrected chi connectivity index (χ4v) is 3.04. The van der Waals surface area contributed by atoms with Gasteiger partial charge in [-0.25, -0.2) is 0 Å². The van der Waals surface area contributed by atoms with Crippen LogP contribution in [0.2, 0.25) is 0 Å². The lowest BCUT2D eigenvalue weighted by Crippen LogP contribution is -2.31. The van der Waals surface area contributed by atoms with Gasteiger partial charge in [0.1, 0.15) is 0 Å². The molecule has 0 spiro atoms. The van der Waals surface area contributed by atoms with E-state index in [4.69, 9.17) is 5.73 Å². The fraction of sp³-hybridized carbons (Fsp3) is 0.571. The topological polar surface area (TPSA) is 38.0 Å². The van der Waals surface area contributed by atoms with Crippen LogP contribution in [0.25, 0.3) is 0 Å². The van der Waals surface area contributed by atoms with Crippen LogP contribution in [0.3, 0.4) is 0 Å². The number of anilines is 1. The van der Waals surface area contributed by atoms with Crippen molar-refractivity contribution in [3.8, 4) is 0 Å². The van der Waals surface area contributed by atoms with E-state index < -0.39 is 0 Å². The first-order valence-corrected chi connectivity index (χ1v) is 7.32. The van der Waals surface area contributed by atoms with Crippen molar-refractivity contribution in [3.05, 3.63) is 23.8 Å². The van der Waals surface area contributed by atoms with Crippen molar-refractivity contribution in [3.63, 3.8) is 0 Å². The van der Waals surface area contributed by atoms with Crippen LogP contribution in [0, 0.1) is 0 Å². The molecule has 1 aliphatic heterocycles. The number of nitrogens with one attached hydrogen (secondary N) is 1. The summed E-state index contributed by atoms with van der Waals surface area (Å²) in [4.78, 5) is 1.40. The Morgan fingerprint density at radius 3 is 3.00 bits per heavy atom. The number of rotatable bonds is 4. The van der Waals surface area contributed by atoms with Gasteiger partial charge in [0.15, 0.2) is 0 Å². The number of hydrogen-bond acceptors (Lipinski definition) is 3. The van der Waals surface area contributed by atoms with Gasteiger partial charge in [-0.15, -0.1) is 11.8 Å². The van der Waals surface area contributed by atoms with Crippen molar-refractivity contribution in [1.29, 1.82) is 0 Å². The Balaban J connectivity index is 1.93. The monoisotopic (exact) mass is 250 g/mol. The van der Waals surface area contributed by atoms with Crippen LogP contribution in [0.15, 0.2) is 23.1 Å². The van der Waals surface area contributed by atoms with Gasteiger partial charge in [0.25, 0.3) is 0 Å². The number of thioether (sulfide) groups is 1. The summed E-state index contributed by atoms with van der Waals surface area (Å²) < 4.78 is 0. The summed E-state index contributed by atoms with van der Waals surface area (Å²) in [6, 6.07) is 6.78. The Labute approximate surface area is 108 Å². The summed E-state index contributed by atoms with van der Waals surface area (Å²) in [5.74, 6) is 1.17. The largest absolute Gasteiger partial charge is 0.383 e. The molecule has 0 fully saturated rings. The molecule has 0 saturated heterocycles. The minimum atomic E-state index is -0.0372. The molecule has 0 radical (unpaired) electrons. The molecule has 0 unspecified atom stereocenters. The lowest BCUT2D eigenvalue weighted by molar-refractivity contribution is 0.459. The zero-order valence-electron chi connectivity index (χ0n) is 10.8. The summed E-state index contributed by atoms with van der Waals surface area (Å²) in [5.41, 5.74) is 8.69. The van der Waals surface area contributed by atoms with E-state index in [1.165, 1.54) is 28.3 Å². The highest BCUT2D eigenvalue weighted by Crippen LogP contribution is 2.31. The van der Waals surface area contributed by atoms with E-state index in [0.717, 1.165) is 19.4 Å². The van der Waals surface area contributed by atoms with E-state index in [0.29, 0.717) is 0 Å². The highest BCUT2D eigenvalue weighted by atomic mass is 32.2. The summed E-state index contributed by atoms with van der Waals surface area (Å²) in [5, 5.41) is 3.43. The smallest absolute Gasteiger partial charge is 0.0478 e. The molecule has 2 nitrogen and oxygen atoms in total. The number of benzene rings is 1. The van der Waals surface area contributed by atoms with Gasteiger partial charge in [-0.1, -0.05) is 6.07 Å². The third-order valence-electron chi connectivity index (χ3n) is 3.01. The molecule has 1 aromatic rings. The van der Waals surface area contributed by atoms with Gasteiger partial charge in [-0.3, -0.25) is 0 Å². The Morgan fingerprint density at radius 1 is 1.41 bits per heavy atom. The van der Waals surface area contributed by atoms with Crippen LogP contribution >= 0.6 is 11.8 Å². The van der Waals surface area contributed by atoms with E-state index in [1.54, 1.807) is 0 Å². The van der Waals surface area contributed by atoms with Gasteiger partial charge in [-0.2, -0.15) is 0 Å². The maximum Gasteiger partial charge on any atom is 0.0478 e. The second kappa shape index (κ2) is 5.32. The summed E-state index contributed by atoms with van der Waals surface area (Å²) >= 11 is 1.95. The van der Waals surface area contributed by atoms with Crippen LogP contribution < -0.4 is 11.1 Å². The van der Waals surface area contributed by atoms with Crippen molar-refractivity contribution in [2.75, 3.05) is 17.6 Å². The minimum Gasteiger partial charge on any atom is -0.383 e. The van der Waals surface area contributed by atoms with Crippen molar-refractivity contribution < 1.29 is 0 Å². The normalized spacial score (nSPS) is 15.2. The van der Waals surface area contributed by atoms with Gasteiger partial charge < -0.3 is 11.1 Å². The average Bonchev–Trinajstić information content (AvgIpc) is 2.27. The SMILES string of the molecule is CC(C)(N)CCCc1ccc2c(c1)SCCN2. The molecular formula is C14H22N2S. The van der Waals surface area contributed by atoms with Crippen LogP contribution in [-0.2, 0) is 6.42 Å². The van der Waals surface area contributed by atoms with E-state index >= 15 is 0 Å². The molecule has 0 saturated carbocycles. The van der Waals surface area contributed by atoms with Gasteiger partial charge in [0, 0.05) is 28.4 Å². The molecule has 0 bridgehead atoms. The van der Waals surface area contributed by atoms with Crippen molar-refractivity contribution in [1.82, 2.24) is 0 Å². The predicted octanol–water partition coefficient (Wildman–Crippen LogP) is 3.26. The van der Waals surface area contributed by atoms with Gasteiger partial charge in [0.2, 0.25) is 0 Å². The molecule has 0 atom stereocenters. The minimum absolute atomic E-state index is 0.0372. The van der Waals surface area contributed by atoms with E-state index in [2.05, 4.69) is 37.4 Å². The van der Waals surface area contributed by atoms with Gasteiger partial charge >= 0.3 is 0 Å². The zero-order valence-corrected chi connectivity index (χ0v) is 11.6. The van der Waals surface area contributed by atoms with Crippen LogP contribution in [0.5, 0.6) is 0 Å². The highest BCUT2D eigenvalue weighted by Gasteiger charge is 2.11. The van der Waals surface area contributed by atoms with Crippen LogP contribution in [-0.4, -0.2) is 17.8 Å². The molecule has 2 rings (SSSR count). The molecule has 94 valence electrons. The first-order chi connectivity index (χ1) is 8.04. The zero-order chi connectivity index (χ0) is 12.3. The summed E-state index contributed by atoms with van der Waals surface area (Å²) in [6.07, 6.45) is 3.38. The second-order valence-electron chi connectivity index (χ2n) is 5.45.